The predicted octanol–water partition coefficient (Wildman–Crippen LogP) is 2.32. The van der Waals surface area contributed by atoms with Gasteiger partial charge in [-0.25, -0.2) is 13.6 Å². The molecule has 0 spiro atoms. The van der Waals surface area contributed by atoms with Gasteiger partial charge >= 0.3 is 5.97 Å². The Bertz CT molecular complexity index is 668. The number of rotatable bonds is 4. The lowest BCUT2D eigenvalue weighted by atomic mass is 10.1. The Morgan fingerprint density at radius 1 is 1.40 bits per heavy atom. The van der Waals surface area contributed by atoms with Crippen LogP contribution in [0.2, 0.25) is 0 Å². The van der Waals surface area contributed by atoms with Gasteiger partial charge in [0.25, 0.3) is 0 Å². The van der Waals surface area contributed by atoms with E-state index in [9.17, 15) is 13.6 Å². The van der Waals surface area contributed by atoms with Crippen molar-refractivity contribution in [3.63, 3.8) is 0 Å². The van der Waals surface area contributed by atoms with E-state index in [0.717, 1.165) is 17.3 Å². The summed E-state index contributed by atoms with van der Waals surface area (Å²) in [5, 5.41) is 15.6. The van der Waals surface area contributed by atoms with Gasteiger partial charge in [-0.3, -0.25) is 4.68 Å². The number of anilines is 1. The van der Waals surface area contributed by atoms with E-state index < -0.39 is 23.2 Å². The highest BCUT2D eigenvalue weighted by molar-refractivity contribution is 5.88. The molecule has 0 saturated carbocycles. The third-order valence-electron chi connectivity index (χ3n) is 2.90. The van der Waals surface area contributed by atoms with Crippen molar-refractivity contribution >= 4 is 11.7 Å². The monoisotopic (exact) mass is 281 g/mol. The van der Waals surface area contributed by atoms with Crippen molar-refractivity contribution in [2.75, 3.05) is 5.32 Å². The molecule has 5 nitrogen and oxygen atoms in total. The summed E-state index contributed by atoms with van der Waals surface area (Å²) >= 11 is 0. The van der Waals surface area contributed by atoms with E-state index in [1.807, 2.05) is 6.92 Å². The quantitative estimate of drug-likeness (QED) is 0.902. The lowest BCUT2D eigenvalue weighted by Crippen LogP contribution is -2.07. The smallest absolute Gasteiger partial charge is 0.338 e. The summed E-state index contributed by atoms with van der Waals surface area (Å²) in [6.45, 7) is 2.07. The molecule has 0 fully saturated rings. The van der Waals surface area contributed by atoms with Crippen LogP contribution in [0.15, 0.2) is 18.3 Å². The maximum atomic E-state index is 13.7. The fourth-order valence-electron chi connectivity index (χ4n) is 1.86. The van der Waals surface area contributed by atoms with E-state index in [2.05, 4.69) is 10.4 Å². The van der Waals surface area contributed by atoms with Crippen LogP contribution < -0.4 is 5.32 Å². The second-order valence-electron chi connectivity index (χ2n) is 4.36. The zero-order chi connectivity index (χ0) is 14.9. The van der Waals surface area contributed by atoms with Crippen LogP contribution in [0.4, 0.5) is 14.5 Å². The zero-order valence-corrected chi connectivity index (χ0v) is 10.9. The number of carboxylic acid groups (broad SMARTS) is 1. The number of aromatic nitrogens is 2. The van der Waals surface area contributed by atoms with Crippen LogP contribution >= 0.6 is 0 Å². The van der Waals surface area contributed by atoms with E-state index >= 15 is 0 Å². The number of hydrogen-bond acceptors (Lipinski definition) is 3. The summed E-state index contributed by atoms with van der Waals surface area (Å²) in [5.41, 5.74) is 0.846. The van der Waals surface area contributed by atoms with Crippen LogP contribution in [-0.2, 0) is 13.6 Å². The first-order chi connectivity index (χ1) is 9.40. The number of carboxylic acids is 1. The second-order valence-corrected chi connectivity index (χ2v) is 4.36. The number of aryl methyl sites for hydroxylation is 2. The third kappa shape index (κ3) is 2.61. The Labute approximate surface area is 113 Å². The molecule has 0 atom stereocenters. The SMILES string of the molecule is Cc1nn(C)cc1CNc1ccc(C(=O)O)c(F)c1F. The van der Waals surface area contributed by atoms with E-state index in [4.69, 9.17) is 5.11 Å². The molecule has 0 amide bonds. The third-order valence-corrected chi connectivity index (χ3v) is 2.90. The fourth-order valence-corrected chi connectivity index (χ4v) is 1.86. The number of benzene rings is 1. The average Bonchev–Trinajstić information content (AvgIpc) is 2.69. The van der Waals surface area contributed by atoms with Gasteiger partial charge in [0.1, 0.15) is 0 Å². The number of nitrogens with zero attached hydrogens (tertiary/aromatic N) is 2. The van der Waals surface area contributed by atoms with Crippen LogP contribution in [0.25, 0.3) is 0 Å². The summed E-state index contributed by atoms with van der Waals surface area (Å²) < 4.78 is 28.8. The van der Waals surface area contributed by atoms with Gasteiger partial charge in [0.2, 0.25) is 0 Å². The Hall–Kier alpha value is -2.44. The van der Waals surface area contributed by atoms with E-state index in [1.165, 1.54) is 6.07 Å². The van der Waals surface area contributed by atoms with Gasteiger partial charge in [-0.1, -0.05) is 0 Å². The van der Waals surface area contributed by atoms with E-state index in [0.29, 0.717) is 0 Å². The van der Waals surface area contributed by atoms with Crippen molar-refractivity contribution in [3.8, 4) is 0 Å². The largest absolute Gasteiger partial charge is 0.478 e. The summed E-state index contributed by atoms with van der Waals surface area (Å²) in [7, 11) is 1.76. The molecule has 1 aromatic heterocycles. The zero-order valence-electron chi connectivity index (χ0n) is 10.9. The molecule has 0 unspecified atom stereocenters. The molecule has 20 heavy (non-hydrogen) atoms. The molecule has 7 heteroatoms. The van der Waals surface area contributed by atoms with Crippen molar-refractivity contribution < 1.29 is 18.7 Å². The van der Waals surface area contributed by atoms with Crippen molar-refractivity contribution in [3.05, 3.63) is 46.8 Å². The minimum absolute atomic E-state index is 0.0873. The van der Waals surface area contributed by atoms with Crippen LogP contribution in [0.3, 0.4) is 0 Å². The molecule has 2 aromatic rings. The molecule has 106 valence electrons. The summed E-state index contributed by atoms with van der Waals surface area (Å²) in [5.74, 6) is -4.08. The van der Waals surface area contributed by atoms with Crippen molar-refractivity contribution in [1.82, 2.24) is 9.78 Å². The summed E-state index contributed by atoms with van der Waals surface area (Å²) in [4.78, 5) is 10.7. The highest BCUT2D eigenvalue weighted by Crippen LogP contribution is 2.21. The number of carbonyl (C=O) groups is 1. The van der Waals surface area contributed by atoms with Gasteiger partial charge in [-0.05, 0) is 19.1 Å². The second kappa shape index (κ2) is 5.28. The fraction of sp³-hybridized carbons (Fsp3) is 0.231. The molecule has 2 rings (SSSR count). The normalized spacial score (nSPS) is 10.6. The molecular weight excluding hydrogens is 268 g/mol. The standard InChI is InChI=1S/C13H13F2N3O2/c1-7-8(6-18(2)17-7)5-16-10-4-3-9(13(19)20)11(14)12(10)15/h3-4,6,16H,5H2,1-2H3,(H,19,20). The first-order valence-corrected chi connectivity index (χ1v) is 5.84. The van der Waals surface area contributed by atoms with Crippen molar-refractivity contribution in [2.45, 2.75) is 13.5 Å². The number of nitrogens with one attached hydrogen (secondary N) is 1. The Morgan fingerprint density at radius 3 is 2.65 bits per heavy atom. The Kier molecular flexibility index (Phi) is 3.69. The summed E-state index contributed by atoms with van der Waals surface area (Å²) in [6, 6.07) is 2.23. The lowest BCUT2D eigenvalue weighted by molar-refractivity contribution is 0.0690. The highest BCUT2D eigenvalue weighted by atomic mass is 19.2. The molecule has 0 aliphatic carbocycles. The number of halogens is 2. The maximum absolute atomic E-state index is 13.7. The van der Waals surface area contributed by atoms with Crippen LogP contribution in [0.5, 0.6) is 0 Å². The lowest BCUT2D eigenvalue weighted by Gasteiger charge is -2.08. The molecule has 2 N–H and O–H groups in total. The molecule has 0 saturated heterocycles. The van der Waals surface area contributed by atoms with Gasteiger partial charge in [-0.2, -0.15) is 5.10 Å². The predicted molar refractivity (Wildman–Crippen MR) is 68.6 cm³/mol. The molecular formula is C13H13F2N3O2. The van der Waals surface area contributed by atoms with Crippen LogP contribution in [0, 0.1) is 18.6 Å². The van der Waals surface area contributed by atoms with Crippen LogP contribution in [0.1, 0.15) is 21.6 Å². The minimum Gasteiger partial charge on any atom is -0.478 e. The molecule has 1 aromatic carbocycles. The first-order valence-electron chi connectivity index (χ1n) is 5.84. The molecule has 0 aliphatic rings. The van der Waals surface area contributed by atoms with Gasteiger partial charge in [0, 0.05) is 25.4 Å². The Balaban J connectivity index is 2.20. The topological polar surface area (TPSA) is 67.2 Å². The maximum Gasteiger partial charge on any atom is 0.338 e. The van der Waals surface area contributed by atoms with Crippen molar-refractivity contribution in [1.29, 1.82) is 0 Å². The molecule has 0 aliphatic heterocycles. The minimum atomic E-state index is -1.50. The van der Waals surface area contributed by atoms with Crippen LogP contribution in [-0.4, -0.2) is 20.9 Å². The first kappa shape index (κ1) is 14.0. The van der Waals surface area contributed by atoms with Gasteiger partial charge in [0.15, 0.2) is 11.6 Å². The van der Waals surface area contributed by atoms with Gasteiger partial charge in [0.05, 0.1) is 16.9 Å². The van der Waals surface area contributed by atoms with Crippen molar-refractivity contribution in [2.24, 2.45) is 7.05 Å². The molecule has 0 radical (unpaired) electrons. The van der Waals surface area contributed by atoms with E-state index in [-0.39, 0.29) is 12.2 Å². The summed E-state index contributed by atoms with van der Waals surface area (Å²) in [6.07, 6.45) is 1.77. The molecule has 0 bridgehead atoms. The van der Waals surface area contributed by atoms with E-state index in [1.54, 1.807) is 17.9 Å². The highest BCUT2D eigenvalue weighted by Gasteiger charge is 2.18. The molecule has 1 heterocycles. The Morgan fingerprint density at radius 2 is 2.10 bits per heavy atom. The van der Waals surface area contributed by atoms with Gasteiger partial charge < -0.3 is 10.4 Å². The number of hydrogen-bond donors (Lipinski definition) is 2. The van der Waals surface area contributed by atoms with Gasteiger partial charge in [-0.15, -0.1) is 0 Å². The average molecular weight is 281 g/mol. The number of aromatic carboxylic acids is 1.